The largest absolute Gasteiger partial charge is 0.354 e. The highest BCUT2D eigenvalue weighted by atomic mass is 79.9. The number of fused-ring (bicyclic) bond motifs is 2. The summed E-state index contributed by atoms with van der Waals surface area (Å²) in [5, 5.41) is 4.36. The maximum Gasteiger partial charge on any atom is 0.239 e. The molecule has 1 N–H and O–H groups in total. The Hall–Kier alpha value is -1.33. The van der Waals surface area contributed by atoms with Crippen LogP contribution in [0.1, 0.15) is 32.1 Å². The van der Waals surface area contributed by atoms with Crippen molar-refractivity contribution in [2.24, 2.45) is 5.92 Å². The molecular formula is C20H26BrN3O. The minimum absolute atomic E-state index is 0.119. The van der Waals surface area contributed by atoms with Gasteiger partial charge in [0, 0.05) is 34.2 Å². The molecule has 1 aromatic carbocycles. The first-order valence-electron chi connectivity index (χ1n) is 9.46. The van der Waals surface area contributed by atoms with E-state index < -0.39 is 0 Å². The van der Waals surface area contributed by atoms with Crippen LogP contribution in [-0.2, 0) is 11.3 Å². The third-order valence-corrected chi connectivity index (χ3v) is 6.33. The number of carbonyl (C=O) groups excluding carboxylic acids is 1. The molecule has 2 aliphatic rings. The van der Waals surface area contributed by atoms with Crippen LogP contribution in [0.3, 0.4) is 0 Å². The number of hydrogen-bond donors (Lipinski definition) is 1. The number of nitrogens with one attached hydrogen (secondary N) is 1. The number of halogens is 1. The quantitative estimate of drug-likeness (QED) is 0.842. The predicted octanol–water partition coefficient (Wildman–Crippen LogP) is 3.78. The SMILES string of the molecule is O=C(Cn1ccc2cc(Br)ccc21)NCC1CCCN2CCCCC12. The van der Waals surface area contributed by atoms with Crippen molar-refractivity contribution in [1.82, 2.24) is 14.8 Å². The number of carbonyl (C=O) groups is 1. The lowest BCUT2D eigenvalue weighted by atomic mass is 9.83. The molecule has 2 aromatic rings. The standard InChI is InChI=1S/C20H26BrN3O/c21-17-6-7-19-15(12-17)8-11-24(19)14-20(25)22-13-16-4-3-10-23-9-2-1-5-18(16)23/h6-8,11-12,16,18H,1-5,9-10,13-14H2,(H,22,25). The molecule has 2 atom stereocenters. The fourth-order valence-corrected chi connectivity index (χ4v) is 4.96. The van der Waals surface area contributed by atoms with Gasteiger partial charge in [0.05, 0.1) is 0 Å². The maximum atomic E-state index is 12.5. The number of amides is 1. The highest BCUT2D eigenvalue weighted by Crippen LogP contribution is 2.30. The van der Waals surface area contributed by atoms with E-state index in [2.05, 4.69) is 44.3 Å². The molecule has 25 heavy (non-hydrogen) atoms. The zero-order valence-corrected chi connectivity index (χ0v) is 16.2. The van der Waals surface area contributed by atoms with Gasteiger partial charge in [0.1, 0.15) is 6.54 Å². The fraction of sp³-hybridized carbons (Fsp3) is 0.550. The number of piperidine rings is 2. The van der Waals surface area contributed by atoms with Gasteiger partial charge in [-0.2, -0.15) is 0 Å². The number of hydrogen-bond acceptors (Lipinski definition) is 2. The maximum absolute atomic E-state index is 12.5. The minimum atomic E-state index is 0.119. The molecule has 0 spiro atoms. The third-order valence-electron chi connectivity index (χ3n) is 5.84. The van der Waals surface area contributed by atoms with Crippen LogP contribution in [0.4, 0.5) is 0 Å². The predicted molar refractivity (Wildman–Crippen MR) is 105 cm³/mol. The summed E-state index contributed by atoms with van der Waals surface area (Å²) in [5.74, 6) is 0.740. The van der Waals surface area contributed by atoms with Gasteiger partial charge in [0.2, 0.25) is 5.91 Å². The molecule has 3 heterocycles. The average Bonchev–Trinajstić information content (AvgIpc) is 3.01. The smallest absolute Gasteiger partial charge is 0.239 e. The van der Waals surface area contributed by atoms with Gasteiger partial charge >= 0.3 is 0 Å². The van der Waals surface area contributed by atoms with Crippen LogP contribution in [-0.4, -0.2) is 41.1 Å². The van der Waals surface area contributed by atoms with E-state index in [0.717, 1.165) is 21.9 Å². The summed E-state index contributed by atoms with van der Waals surface area (Å²) in [6.07, 6.45) is 8.51. The molecule has 1 amide bonds. The van der Waals surface area contributed by atoms with Crippen LogP contribution in [0.2, 0.25) is 0 Å². The number of rotatable bonds is 4. The van der Waals surface area contributed by atoms with E-state index in [4.69, 9.17) is 0 Å². The molecule has 0 bridgehead atoms. The van der Waals surface area contributed by atoms with Gasteiger partial charge in [0.25, 0.3) is 0 Å². The van der Waals surface area contributed by atoms with Gasteiger partial charge < -0.3 is 14.8 Å². The molecule has 0 radical (unpaired) electrons. The van der Waals surface area contributed by atoms with Gasteiger partial charge in [-0.1, -0.05) is 22.4 Å². The third kappa shape index (κ3) is 3.77. The van der Waals surface area contributed by atoms with Crippen LogP contribution in [0.5, 0.6) is 0 Å². The summed E-state index contributed by atoms with van der Waals surface area (Å²) in [7, 11) is 0. The second-order valence-corrected chi connectivity index (χ2v) is 8.37. The molecule has 0 saturated carbocycles. The van der Waals surface area contributed by atoms with Crippen LogP contribution < -0.4 is 5.32 Å². The molecule has 5 heteroatoms. The van der Waals surface area contributed by atoms with Crippen molar-refractivity contribution < 1.29 is 4.79 Å². The first-order chi connectivity index (χ1) is 12.2. The molecule has 2 saturated heterocycles. The molecular weight excluding hydrogens is 378 g/mol. The van der Waals surface area contributed by atoms with Crippen LogP contribution in [0, 0.1) is 5.92 Å². The van der Waals surface area contributed by atoms with Gasteiger partial charge in [-0.15, -0.1) is 0 Å². The average molecular weight is 404 g/mol. The number of benzene rings is 1. The zero-order chi connectivity index (χ0) is 17.2. The Morgan fingerprint density at radius 2 is 2.04 bits per heavy atom. The summed E-state index contributed by atoms with van der Waals surface area (Å²) >= 11 is 3.50. The highest BCUT2D eigenvalue weighted by Gasteiger charge is 2.32. The first-order valence-corrected chi connectivity index (χ1v) is 10.3. The van der Waals surface area contributed by atoms with Crippen molar-refractivity contribution in [2.75, 3.05) is 19.6 Å². The second kappa shape index (κ2) is 7.50. The molecule has 2 aliphatic heterocycles. The minimum Gasteiger partial charge on any atom is -0.354 e. The normalized spacial score (nSPS) is 24.2. The lowest BCUT2D eigenvalue weighted by molar-refractivity contribution is -0.122. The monoisotopic (exact) mass is 403 g/mol. The summed E-state index contributed by atoms with van der Waals surface area (Å²) in [6.45, 7) is 3.72. The first kappa shape index (κ1) is 17.1. The van der Waals surface area contributed by atoms with E-state index in [-0.39, 0.29) is 5.91 Å². The molecule has 1 aromatic heterocycles. The lowest BCUT2D eigenvalue weighted by Gasteiger charge is -2.44. The molecule has 0 aliphatic carbocycles. The Morgan fingerprint density at radius 3 is 2.96 bits per heavy atom. The molecule has 134 valence electrons. The topological polar surface area (TPSA) is 37.3 Å². The summed E-state index contributed by atoms with van der Waals surface area (Å²) in [5.41, 5.74) is 1.11. The Labute approximate surface area is 157 Å². The van der Waals surface area contributed by atoms with Crippen LogP contribution in [0.25, 0.3) is 10.9 Å². The van der Waals surface area contributed by atoms with E-state index in [0.29, 0.717) is 18.5 Å². The Bertz CT molecular complexity index is 754. The van der Waals surface area contributed by atoms with E-state index in [1.165, 1.54) is 45.2 Å². The Kier molecular flexibility index (Phi) is 5.13. The van der Waals surface area contributed by atoms with Crippen molar-refractivity contribution >= 4 is 32.7 Å². The van der Waals surface area contributed by atoms with Crippen molar-refractivity contribution in [3.63, 3.8) is 0 Å². The highest BCUT2D eigenvalue weighted by molar-refractivity contribution is 9.10. The summed E-state index contributed by atoms with van der Waals surface area (Å²) in [6, 6.07) is 8.93. The molecule has 2 fully saturated rings. The molecule has 4 nitrogen and oxygen atoms in total. The second-order valence-electron chi connectivity index (χ2n) is 7.45. The van der Waals surface area contributed by atoms with Crippen molar-refractivity contribution in [2.45, 2.75) is 44.7 Å². The molecule has 2 unspecified atom stereocenters. The Balaban J connectivity index is 1.35. The van der Waals surface area contributed by atoms with E-state index in [9.17, 15) is 4.79 Å². The van der Waals surface area contributed by atoms with Crippen LogP contribution in [0.15, 0.2) is 34.9 Å². The van der Waals surface area contributed by atoms with Crippen molar-refractivity contribution in [3.8, 4) is 0 Å². The van der Waals surface area contributed by atoms with Gasteiger partial charge in [-0.05, 0) is 69.0 Å². The van der Waals surface area contributed by atoms with Gasteiger partial charge in [-0.3, -0.25) is 4.79 Å². The zero-order valence-electron chi connectivity index (χ0n) is 14.6. The lowest BCUT2D eigenvalue weighted by Crippen LogP contribution is -2.51. The fourth-order valence-electron chi connectivity index (χ4n) is 4.58. The Morgan fingerprint density at radius 1 is 1.16 bits per heavy atom. The van der Waals surface area contributed by atoms with E-state index in [1.54, 1.807) is 0 Å². The number of nitrogens with zero attached hydrogens (tertiary/aromatic N) is 2. The number of aromatic nitrogens is 1. The van der Waals surface area contributed by atoms with Gasteiger partial charge in [-0.25, -0.2) is 0 Å². The van der Waals surface area contributed by atoms with E-state index >= 15 is 0 Å². The van der Waals surface area contributed by atoms with Crippen LogP contribution >= 0.6 is 15.9 Å². The van der Waals surface area contributed by atoms with Gasteiger partial charge in [0.15, 0.2) is 0 Å². The summed E-state index contributed by atoms with van der Waals surface area (Å²) in [4.78, 5) is 15.1. The molecule has 4 rings (SSSR count). The van der Waals surface area contributed by atoms with E-state index in [1.807, 2.05) is 16.8 Å². The summed E-state index contributed by atoms with van der Waals surface area (Å²) < 4.78 is 3.10. The van der Waals surface area contributed by atoms with Crippen molar-refractivity contribution in [1.29, 1.82) is 0 Å². The van der Waals surface area contributed by atoms with Crippen molar-refractivity contribution in [3.05, 3.63) is 34.9 Å².